The monoisotopic (exact) mass is 333 g/mol. The van der Waals surface area contributed by atoms with Crippen molar-refractivity contribution in [1.82, 2.24) is 19.5 Å². The van der Waals surface area contributed by atoms with Crippen LogP contribution in [-0.4, -0.2) is 52.7 Å². The number of hydrogen-bond donors (Lipinski definition) is 0. The number of benzene rings is 1. The van der Waals surface area contributed by atoms with Gasteiger partial charge in [0.15, 0.2) is 5.65 Å². The predicted molar refractivity (Wildman–Crippen MR) is 103 cm³/mol. The second kappa shape index (κ2) is 6.33. The number of likely N-dealkylation sites (N-methyl/N-ethyl adjacent to an activating group) is 1. The van der Waals surface area contributed by atoms with Crippen molar-refractivity contribution in [3.05, 3.63) is 54.4 Å². The van der Waals surface area contributed by atoms with Gasteiger partial charge in [0, 0.05) is 37.4 Å². The number of aromatic nitrogens is 3. The van der Waals surface area contributed by atoms with E-state index in [4.69, 9.17) is 0 Å². The molecule has 3 aromatic rings. The van der Waals surface area contributed by atoms with Gasteiger partial charge in [-0.25, -0.2) is 9.50 Å². The molecule has 5 nitrogen and oxygen atoms in total. The molecule has 0 saturated carbocycles. The molecule has 1 aliphatic rings. The van der Waals surface area contributed by atoms with Crippen LogP contribution >= 0.6 is 0 Å². The highest BCUT2D eigenvalue weighted by atomic mass is 15.3. The van der Waals surface area contributed by atoms with Crippen LogP contribution < -0.4 is 4.90 Å². The molecule has 1 saturated heterocycles. The standard InChI is InChI=1S/C20H23N5/c1-4-17-6-8-20-21-14-19(25(20)22-17)16-5-7-18(15(2)13-16)24-11-9-23(3)10-12-24/h4-8,13-14H,1,9-12H2,2-3H3. The minimum Gasteiger partial charge on any atom is -0.369 e. The van der Waals surface area contributed by atoms with E-state index in [1.165, 1.54) is 11.3 Å². The Morgan fingerprint density at radius 2 is 1.88 bits per heavy atom. The maximum absolute atomic E-state index is 4.60. The van der Waals surface area contributed by atoms with Crippen LogP contribution in [0.2, 0.25) is 0 Å². The van der Waals surface area contributed by atoms with Crippen molar-refractivity contribution in [2.45, 2.75) is 6.92 Å². The molecule has 3 heterocycles. The van der Waals surface area contributed by atoms with Gasteiger partial charge in [-0.3, -0.25) is 0 Å². The van der Waals surface area contributed by atoms with Crippen LogP contribution in [0.5, 0.6) is 0 Å². The van der Waals surface area contributed by atoms with Gasteiger partial charge in [0.25, 0.3) is 0 Å². The van der Waals surface area contributed by atoms with Gasteiger partial charge in [0.2, 0.25) is 0 Å². The molecule has 1 fully saturated rings. The fourth-order valence-corrected chi connectivity index (χ4v) is 3.41. The van der Waals surface area contributed by atoms with E-state index in [1.807, 2.05) is 22.8 Å². The number of fused-ring (bicyclic) bond motifs is 1. The summed E-state index contributed by atoms with van der Waals surface area (Å²) in [6.45, 7) is 10.4. The quantitative estimate of drug-likeness (QED) is 0.738. The summed E-state index contributed by atoms with van der Waals surface area (Å²) >= 11 is 0. The Balaban J connectivity index is 1.70. The van der Waals surface area contributed by atoms with Gasteiger partial charge in [-0.05, 0) is 49.9 Å². The highest BCUT2D eigenvalue weighted by molar-refractivity contribution is 5.68. The highest BCUT2D eigenvalue weighted by Crippen LogP contribution is 2.28. The van der Waals surface area contributed by atoms with E-state index in [1.54, 1.807) is 6.08 Å². The molecule has 0 spiro atoms. The molecule has 25 heavy (non-hydrogen) atoms. The van der Waals surface area contributed by atoms with Crippen molar-refractivity contribution in [1.29, 1.82) is 0 Å². The van der Waals surface area contributed by atoms with Crippen molar-refractivity contribution in [3.8, 4) is 11.3 Å². The molecule has 4 rings (SSSR count). The van der Waals surface area contributed by atoms with Crippen LogP contribution in [0.4, 0.5) is 5.69 Å². The normalized spacial score (nSPS) is 15.7. The Morgan fingerprint density at radius 3 is 2.60 bits per heavy atom. The predicted octanol–water partition coefficient (Wildman–Crippen LogP) is 3.10. The summed E-state index contributed by atoms with van der Waals surface area (Å²) in [6, 6.07) is 10.5. The Hall–Kier alpha value is -2.66. The average molecular weight is 333 g/mol. The summed E-state index contributed by atoms with van der Waals surface area (Å²) < 4.78 is 1.89. The number of piperazine rings is 1. The van der Waals surface area contributed by atoms with Crippen LogP contribution in [0.1, 0.15) is 11.3 Å². The van der Waals surface area contributed by atoms with Gasteiger partial charge < -0.3 is 9.80 Å². The molecule has 0 bridgehead atoms. The van der Waals surface area contributed by atoms with Gasteiger partial charge in [-0.1, -0.05) is 12.6 Å². The number of anilines is 1. The van der Waals surface area contributed by atoms with Crippen LogP contribution in [0, 0.1) is 6.92 Å². The lowest BCUT2D eigenvalue weighted by Gasteiger charge is -2.35. The summed E-state index contributed by atoms with van der Waals surface area (Å²) in [5.41, 5.74) is 6.45. The number of hydrogen-bond acceptors (Lipinski definition) is 4. The van der Waals surface area contributed by atoms with E-state index in [-0.39, 0.29) is 0 Å². The van der Waals surface area contributed by atoms with E-state index in [0.29, 0.717) is 0 Å². The molecule has 0 N–H and O–H groups in total. The molecule has 0 amide bonds. The van der Waals surface area contributed by atoms with E-state index in [9.17, 15) is 0 Å². The summed E-state index contributed by atoms with van der Waals surface area (Å²) in [6.07, 6.45) is 3.64. The van der Waals surface area contributed by atoms with Gasteiger partial charge in [-0.2, -0.15) is 5.10 Å². The zero-order valence-corrected chi connectivity index (χ0v) is 14.8. The Bertz CT molecular complexity index is 919. The van der Waals surface area contributed by atoms with E-state index >= 15 is 0 Å². The zero-order valence-electron chi connectivity index (χ0n) is 14.8. The van der Waals surface area contributed by atoms with Gasteiger partial charge in [0.1, 0.15) is 0 Å². The molecule has 1 aromatic carbocycles. The van der Waals surface area contributed by atoms with E-state index in [2.05, 4.69) is 58.6 Å². The number of rotatable bonds is 3. The second-order valence-corrected chi connectivity index (χ2v) is 6.67. The third-order valence-corrected chi connectivity index (χ3v) is 4.93. The number of nitrogens with zero attached hydrogens (tertiary/aromatic N) is 5. The molecule has 0 radical (unpaired) electrons. The average Bonchev–Trinajstić information content (AvgIpc) is 3.05. The Kier molecular flexibility index (Phi) is 4.01. The van der Waals surface area contributed by atoms with Gasteiger partial charge in [0.05, 0.1) is 17.6 Å². The SMILES string of the molecule is C=Cc1ccc2ncc(-c3ccc(N4CCN(C)CC4)c(C)c3)n2n1. The Morgan fingerprint density at radius 1 is 1.08 bits per heavy atom. The van der Waals surface area contributed by atoms with E-state index in [0.717, 1.165) is 48.8 Å². The summed E-state index contributed by atoms with van der Waals surface area (Å²) in [5.74, 6) is 0. The minimum atomic E-state index is 0.845. The summed E-state index contributed by atoms with van der Waals surface area (Å²) in [5, 5.41) is 4.60. The second-order valence-electron chi connectivity index (χ2n) is 6.67. The summed E-state index contributed by atoms with van der Waals surface area (Å²) in [7, 11) is 2.18. The summed E-state index contributed by atoms with van der Waals surface area (Å²) in [4.78, 5) is 9.32. The Labute approximate surface area is 148 Å². The molecular weight excluding hydrogens is 310 g/mol. The fourth-order valence-electron chi connectivity index (χ4n) is 3.41. The molecular formula is C20H23N5. The first-order valence-electron chi connectivity index (χ1n) is 8.67. The third-order valence-electron chi connectivity index (χ3n) is 4.93. The molecule has 5 heteroatoms. The van der Waals surface area contributed by atoms with Crippen molar-refractivity contribution >= 4 is 17.4 Å². The first-order valence-corrected chi connectivity index (χ1v) is 8.67. The lowest BCUT2D eigenvalue weighted by molar-refractivity contribution is 0.312. The van der Waals surface area contributed by atoms with Gasteiger partial charge >= 0.3 is 0 Å². The molecule has 0 aliphatic carbocycles. The number of imidazole rings is 1. The third kappa shape index (κ3) is 2.91. The fraction of sp³-hybridized carbons (Fsp3) is 0.300. The zero-order chi connectivity index (χ0) is 17.4. The molecule has 128 valence electrons. The van der Waals surface area contributed by atoms with Crippen LogP contribution in [-0.2, 0) is 0 Å². The maximum atomic E-state index is 4.60. The largest absolute Gasteiger partial charge is 0.369 e. The minimum absolute atomic E-state index is 0.845. The first kappa shape index (κ1) is 15.8. The molecule has 0 unspecified atom stereocenters. The first-order chi connectivity index (χ1) is 12.2. The highest BCUT2D eigenvalue weighted by Gasteiger charge is 2.17. The molecule has 0 atom stereocenters. The smallest absolute Gasteiger partial charge is 0.154 e. The topological polar surface area (TPSA) is 36.7 Å². The van der Waals surface area contributed by atoms with Crippen LogP contribution in [0.3, 0.4) is 0 Å². The lowest BCUT2D eigenvalue weighted by atomic mass is 10.1. The maximum Gasteiger partial charge on any atom is 0.154 e. The molecule has 2 aromatic heterocycles. The molecule has 1 aliphatic heterocycles. The van der Waals surface area contributed by atoms with Crippen molar-refractivity contribution in [2.24, 2.45) is 0 Å². The van der Waals surface area contributed by atoms with Crippen LogP contribution in [0.15, 0.2) is 43.1 Å². The van der Waals surface area contributed by atoms with Crippen molar-refractivity contribution in [2.75, 3.05) is 38.1 Å². The van der Waals surface area contributed by atoms with Crippen molar-refractivity contribution in [3.63, 3.8) is 0 Å². The van der Waals surface area contributed by atoms with E-state index < -0.39 is 0 Å². The van der Waals surface area contributed by atoms with Crippen molar-refractivity contribution < 1.29 is 0 Å². The van der Waals surface area contributed by atoms with Gasteiger partial charge in [-0.15, -0.1) is 0 Å². The lowest BCUT2D eigenvalue weighted by Crippen LogP contribution is -2.44. The van der Waals surface area contributed by atoms with Crippen LogP contribution in [0.25, 0.3) is 23.0 Å². The number of aryl methyl sites for hydroxylation is 1.